The van der Waals surface area contributed by atoms with Gasteiger partial charge in [0.05, 0.1) is 15.7 Å². The molecule has 0 radical (unpaired) electrons. The molecule has 6 nitrogen and oxygen atoms in total. The molecule has 0 bridgehead atoms. The first kappa shape index (κ1) is 28.8. The van der Waals surface area contributed by atoms with Crippen molar-refractivity contribution in [3.8, 4) is 11.3 Å². The number of thiazole rings is 1. The van der Waals surface area contributed by atoms with Crippen LogP contribution in [0, 0.1) is 0 Å². The Morgan fingerprint density at radius 2 is 1.81 bits per heavy atom. The summed E-state index contributed by atoms with van der Waals surface area (Å²) in [7, 11) is 0. The van der Waals surface area contributed by atoms with E-state index in [1.807, 2.05) is 52.1 Å². The molecule has 11 heteroatoms. The van der Waals surface area contributed by atoms with Gasteiger partial charge in [0.15, 0.2) is 4.34 Å². The van der Waals surface area contributed by atoms with Crippen LogP contribution in [0.4, 0.5) is 5.69 Å². The first-order chi connectivity index (χ1) is 16.8. The van der Waals surface area contributed by atoms with E-state index in [4.69, 9.17) is 28.2 Å². The van der Waals surface area contributed by atoms with Crippen molar-refractivity contribution in [2.24, 2.45) is 0 Å². The quantitative estimate of drug-likeness (QED) is 0.302. The first-order valence-corrected chi connectivity index (χ1v) is 13.7. The highest BCUT2D eigenvalue weighted by atomic mass is 35.5. The third-order valence-corrected chi connectivity index (χ3v) is 8.63. The van der Waals surface area contributed by atoms with Crippen LogP contribution in [0.25, 0.3) is 11.3 Å². The standard InChI is InChI=1S/C25H26Cl2N4O2S2.ClH/c1-16(32)28-20-6-4-19(5-7-20)24-15-34-25(29-24)35-31(17(2)33)21-9-11-30(12-10-21)14-18-3-8-22(26)23(27)13-18;/h3-8,13,15,21H,9-12,14H2,1-2H3,(H,28,32);1H. The molecule has 1 aromatic heterocycles. The van der Waals surface area contributed by atoms with Crippen molar-refractivity contribution < 1.29 is 9.59 Å². The number of carbonyl (C=O) groups excluding carboxylic acids is 2. The summed E-state index contributed by atoms with van der Waals surface area (Å²) in [6.07, 6.45) is 1.80. The molecule has 0 aliphatic carbocycles. The molecule has 2 amide bonds. The number of amides is 2. The number of hydrogen-bond donors (Lipinski definition) is 1. The van der Waals surface area contributed by atoms with E-state index in [0.717, 1.165) is 59.3 Å². The van der Waals surface area contributed by atoms with E-state index in [2.05, 4.69) is 10.2 Å². The number of hydrogen-bond acceptors (Lipinski definition) is 6. The average molecular weight is 586 g/mol. The minimum absolute atomic E-state index is 0. The zero-order chi connectivity index (χ0) is 24.9. The van der Waals surface area contributed by atoms with E-state index >= 15 is 0 Å². The second-order valence-electron chi connectivity index (χ2n) is 8.45. The number of halogens is 3. The predicted molar refractivity (Wildman–Crippen MR) is 152 cm³/mol. The molecule has 1 aliphatic rings. The Balaban J connectivity index is 0.00000361. The fraction of sp³-hybridized carbons (Fsp3) is 0.320. The highest BCUT2D eigenvalue weighted by Gasteiger charge is 2.28. The molecule has 36 heavy (non-hydrogen) atoms. The Morgan fingerprint density at radius 1 is 1.11 bits per heavy atom. The Hall–Kier alpha value is -1.81. The Labute approximate surface area is 235 Å². The van der Waals surface area contributed by atoms with E-state index < -0.39 is 0 Å². The van der Waals surface area contributed by atoms with Crippen molar-refractivity contribution in [3.05, 3.63) is 63.5 Å². The van der Waals surface area contributed by atoms with Crippen LogP contribution >= 0.6 is 58.9 Å². The summed E-state index contributed by atoms with van der Waals surface area (Å²) < 4.78 is 2.71. The maximum atomic E-state index is 12.5. The number of nitrogens with one attached hydrogen (secondary N) is 1. The minimum atomic E-state index is -0.102. The molecule has 3 aromatic rings. The number of carbonyl (C=O) groups is 2. The number of nitrogens with zero attached hydrogens (tertiary/aromatic N) is 3. The van der Waals surface area contributed by atoms with E-state index in [1.54, 1.807) is 6.92 Å². The fourth-order valence-corrected chi connectivity index (χ4v) is 6.27. The third kappa shape index (κ3) is 7.60. The summed E-state index contributed by atoms with van der Waals surface area (Å²) in [5.41, 5.74) is 3.70. The van der Waals surface area contributed by atoms with Gasteiger partial charge in [-0.3, -0.25) is 18.8 Å². The van der Waals surface area contributed by atoms with Crippen LogP contribution in [0.1, 0.15) is 32.3 Å². The molecule has 2 heterocycles. The Kier molecular flexibility index (Phi) is 10.5. The zero-order valence-corrected chi connectivity index (χ0v) is 23.8. The van der Waals surface area contributed by atoms with Crippen LogP contribution in [-0.4, -0.2) is 45.1 Å². The topological polar surface area (TPSA) is 65.5 Å². The van der Waals surface area contributed by atoms with Gasteiger partial charge >= 0.3 is 0 Å². The van der Waals surface area contributed by atoms with Gasteiger partial charge in [-0.05, 0) is 42.7 Å². The molecule has 1 aliphatic heterocycles. The lowest BCUT2D eigenvalue weighted by Crippen LogP contribution is -2.43. The number of aromatic nitrogens is 1. The zero-order valence-electron chi connectivity index (χ0n) is 19.9. The number of piperidine rings is 1. The lowest BCUT2D eigenvalue weighted by Gasteiger charge is -2.37. The number of likely N-dealkylation sites (tertiary alicyclic amines) is 1. The highest BCUT2D eigenvalue weighted by Crippen LogP contribution is 2.34. The summed E-state index contributed by atoms with van der Waals surface area (Å²) in [6, 6.07) is 13.5. The lowest BCUT2D eigenvalue weighted by molar-refractivity contribution is -0.125. The van der Waals surface area contributed by atoms with Crippen LogP contribution < -0.4 is 5.32 Å². The molecule has 0 saturated carbocycles. The van der Waals surface area contributed by atoms with Crippen LogP contribution in [0.2, 0.25) is 10.0 Å². The first-order valence-electron chi connectivity index (χ1n) is 11.3. The summed E-state index contributed by atoms with van der Waals surface area (Å²) in [6.45, 7) is 5.72. The molecule has 1 N–H and O–H groups in total. The van der Waals surface area contributed by atoms with Crippen LogP contribution in [0.15, 0.2) is 52.2 Å². The highest BCUT2D eigenvalue weighted by molar-refractivity contribution is 7.99. The van der Waals surface area contributed by atoms with Gasteiger partial charge in [0, 0.05) is 68.1 Å². The Morgan fingerprint density at radius 3 is 2.42 bits per heavy atom. The van der Waals surface area contributed by atoms with Crippen molar-refractivity contribution in [1.29, 1.82) is 0 Å². The van der Waals surface area contributed by atoms with Crippen molar-refractivity contribution in [3.63, 3.8) is 0 Å². The van der Waals surface area contributed by atoms with E-state index in [0.29, 0.717) is 10.0 Å². The predicted octanol–water partition coefficient (Wildman–Crippen LogP) is 7.02. The van der Waals surface area contributed by atoms with Gasteiger partial charge in [-0.1, -0.05) is 41.4 Å². The molecular formula is C25H27Cl3N4O2S2. The Bertz CT molecular complexity index is 1200. The minimum Gasteiger partial charge on any atom is -0.326 e. The van der Waals surface area contributed by atoms with E-state index in [1.165, 1.54) is 30.2 Å². The smallest absolute Gasteiger partial charge is 0.229 e. The molecule has 4 rings (SSSR count). The monoisotopic (exact) mass is 584 g/mol. The van der Waals surface area contributed by atoms with Gasteiger partial charge in [0.1, 0.15) is 0 Å². The molecule has 0 atom stereocenters. The second-order valence-corrected chi connectivity index (χ2v) is 11.3. The van der Waals surface area contributed by atoms with Gasteiger partial charge < -0.3 is 5.32 Å². The van der Waals surface area contributed by atoms with Gasteiger partial charge in [0.25, 0.3) is 0 Å². The van der Waals surface area contributed by atoms with Crippen LogP contribution in [0.5, 0.6) is 0 Å². The largest absolute Gasteiger partial charge is 0.326 e. The van der Waals surface area contributed by atoms with E-state index in [9.17, 15) is 9.59 Å². The molecular weight excluding hydrogens is 559 g/mol. The average Bonchev–Trinajstić information content (AvgIpc) is 3.29. The van der Waals surface area contributed by atoms with Crippen LogP contribution in [0.3, 0.4) is 0 Å². The fourth-order valence-electron chi connectivity index (χ4n) is 4.05. The van der Waals surface area contributed by atoms with Crippen molar-refractivity contribution in [2.75, 3.05) is 18.4 Å². The van der Waals surface area contributed by atoms with Gasteiger partial charge in [-0.2, -0.15) is 0 Å². The van der Waals surface area contributed by atoms with Gasteiger partial charge in [-0.15, -0.1) is 23.7 Å². The maximum absolute atomic E-state index is 12.5. The van der Waals surface area contributed by atoms with Crippen molar-refractivity contribution >= 4 is 76.4 Å². The van der Waals surface area contributed by atoms with Gasteiger partial charge in [0.2, 0.25) is 11.8 Å². The molecule has 1 fully saturated rings. The maximum Gasteiger partial charge on any atom is 0.229 e. The molecule has 192 valence electrons. The lowest BCUT2D eigenvalue weighted by atomic mass is 10.0. The van der Waals surface area contributed by atoms with Crippen molar-refractivity contribution in [2.45, 2.75) is 43.6 Å². The van der Waals surface area contributed by atoms with E-state index in [-0.39, 0.29) is 30.3 Å². The number of benzene rings is 2. The summed E-state index contributed by atoms with van der Waals surface area (Å²) in [5.74, 6) is -0.0658. The normalized spacial score (nSPS) is 14.2. The summed E-state index contributed by atoms with van der Waals surface area (Å²) in [4.78, 5) is 30.8. The number of anilines is 1. The summed E-state index contributed by atoms with van der Waals surface area (Å²) >= 11 is 15.1. The van der Waals surface area contributed by atoms with Crippen LogP contribution in [-0.2, 0) is 16.1 Å². The van der Waals surface area contributed by atoms with Crippen molar-refractivity contribution in [1.82, 2.24) is 14.2 Å². The summed E-state index contributed by atoms with van der Waals surface area (Å²) in [5, 5.41) is 5.90. The second kappa shape index (κ2) is 13.1. The van der Waals surface area contributed by atoms with Gasteiger partial charge in [-0.25, -0.2) is 4.98 Å². The molecule has 1 saturated heterocycles. The molecule has 0 spiro atoms. The molecule has 0 unspecified atom stereocenters. The third-order valence-electron chi connectivity index (χ3n) is 5.75. The SMILES string of the molecule is CC(=O)Nc1ccc(-c2csc(SN(C(C)=O)C3CCN(Cc4ccc(Cl)c(Cl)c4)CC3)n2)cc1.Cl. The number of rotatable bonds is 7. The molecule has 2 aromatic carbocycles.